The number of amides is 1. The van der Waals surface area contributed by atoms with Gasteiger partial charge >= 0.3 is 0 Å². The summed E-state index contributed by atoms with van der Waals surface area (Å²) in [5, 5.41) is 2.76. The van der Waals surface area contributed by atoms with Crippen LogP contribution in [-0.4, -0.2) is 27.5 Å². The molecule has 162 valence electrons. The zero-order chi connectivity index (χ0) is 22.3. The van der Waals surface area contributed by atoms with E-state index < -0.39 is 10.0 Å². The molecule has 0 saturated carbocycles. The quantitative estimate of drug-likeness (QED) is 0.447. The van der Waals surface area contributed by atoms with Crippen molar-refractivity contribution in [1.29, 1.82) is 0 Å². The molecule has 8 heteroatoms. The lowest BCUT2D eigenvalue weighted by atomic mass is 10.2. The third-order valence-electron chi connectivity index (χ3n) is 4.46. The van der Waals surface area contributed by atoms with Crippen molar-refractivity contribution in [3.8, 4) is 5.75 Å². The normalized spacial score (nSPS) is 11.2. The number of carbonyl (C=O) groups excluding carboxylic acids is 1. The van der Waals surface area contributed by atoms with Crippen molar-refractivity contribution in [2.75, 3.05) is 18.5 Å². The molecule has 1 amide bonds. The molecule has 0 fully saturated rings. The molecule has 31 heavy (non-hydrogen) atoms. The number of rotatable bonds is 9. The molecule has 0 unspecified atom stereocenters. The molecule has 6 nitrogen and oxygen atoms in total. The molecule has 3 aromatic rings. The first-order valence-corrected chi connectivity index (χ1v) is 12.0. The average Bonchev–Trinajstić information content (AvgIpc) is 2.76. The number of carbonyl (C=O) groups is 1. The Kier molecular flexibility index (Phi) is 7.84. The first kappa shape index (κ1) is 23.0. The second kappa shape index (κ2) is 10.6. The van der Waals surface area contributed by atoms with Gasteiger partial charge in [-0.15, -0.1) is 0 Å². The Morgan fingerprint density at radius 2 is 1.71 bits per heavy atom. The summed E-state index contributed by atoms with van der Waals surface area (Å²) in [7, 11) is -3.63. The van der Waals surface area contributed by atoms with E-state index in [-0.39, 0.29) is 10.8 Å². The minimum absolute atomic E-state index is 0.141. The van der Waals surface area contributed by atoms with Crippen molar-refractivity contribution < 1.29 is 17.9 Å². The maximum absolute atomic E-state index is 12.5. The van der Waals surface area contributed by atoms with Crippen molar-refractivity contribution in [2.24, 2.45) is 0 Å². The number of benzene rings is 3. The Morgan fingerprint density at radius 3 is 2.35 bits per heavy atom. The molecule has 0 spiro atoms. The van der Waals surface area contributed by atoms with E-state index in [1.165, 1.54) is 12.1 Å². The number of ether oxygens (including phenoxy) is 1. The minimum atomic E-state index is -3.63. The van der Waals surface area contributed by atoms with Crippen LogP contribution in [-0.2, 0) is 16.4 Å². The Balaban J connectivity index is 1.60. The van der Waals surface area contributed by atoms with Gasteiger partial charge < -0.3 is 10.1 Å². The highest BCUT2D eigenvalue weighted by molar-refractivity contribution is 9.10. The van der Waals surface area contributed by atoms with Crippen LogP contribution in [0.15, 0.2) is 82.2 Å². The van der Waals surface area contributed by atoms with Crippen molar-refractivity contribution in [3.63, 3.8) is 0 Å². The van der Waals surface area contributed by atoms with Gasteiger partial charge in [0.15, 0.2) is 0 Å². The number of hydrogen-bond donors (Lipinski definition) is 2. The van der Waals surface area contributed by atoms with E-state index in [1.54, 1.807) is 30.3 Å². The van der Waals surface area contributed by atoms with E-state index in [1.807, 2.05) is 37.3 Å². The van der Waals surface area contributed by atoms with Crippen molar-refractivity contribution in [3.05, 3.63) is 88.4 Å². The highest BCUT2D eigenvalue weighted by Gasteiger charge is 2.14. The molecule has 2 N–H and O–H groups in total. The van der Waals surface area contributed by atoms with Gasteiger partial charge in [-0.05, 0) is 77.3 Å². The van der Waals surface area contributed by atoms with Gasteiger partial charge in [-0.3, -0.25) is 4.79 Å². The van der Waals surface area contributed by atoms with Crippen LogP contribution < -0.4 is 14.8 Å². The molecular formula is C23H23BrN2O4S. The molecule has 0 aromatic heterocycles. The highest BCUT2D eigenvalue weighted by Crippen LogP contribution is 2.26. The van der Waals surface area contributed by atoms with Gasteiger partial charge in [0.25, 0.3) is 5.91 Å². The van der Waals surface area contributed by atoms with Gasteiger partial charge in [0.05, 0.1) is 16.0 Å². The Hall–Kier alpha value is -2.68. The summed E-state index contributed by atoms with van der Waals surface area (Å²) >= 11 is 3.39. The topological polar surface area (TPSA) is 84.5 Å². The molecule has 0 aliphatic heterocycles. The largest absolute Gasteiger partial charge is 0.493 e. The molecule has 0 heterocycles. The first-order chi connectivity index (χ1) is 14.9. The predicted molar refractivity (Wildman–Crippen MR) is 125 cm³/mol. The molecule has 0 saturated heterocycles. The highest BCUT2D eigenvalue weighted by atomic mass is 79.9. The molecule has 0 aliphatic carbocycles. The maximum Gasteiger partial charge on any atom is 0.255 e. The summed E-state index contributed by atoms with van der Waals surface area (Å²) < 4.78 is 33.7. The maximum atomic E-state index is 12.5. The number of sulfonamides is 1. The summed E-state index contributed by atoms with van der Waals surface area (Å²) in [4.78, 5) is 12.6. The van der Waals surface area contributed by atoms with Gasteiger partial charge in [-0.1, -0.05) is 30.3 Å². The molecular weight excluding hydrogens is 480 g/mol. The molecule has 0 atom stereocenters. The summed E-state index contributed by atoms with van der Waals surface area (Å²) in [6.07, 6.45) is 0.603. The Bertz CT molecular complexity index is 1130. The Morgan fingerprint density at radius 1 is 1.00 bits per heavy atom. The van der Waals surface area contributed by atoms with Gasteiger partial charge in [-0.25, -0.2) is 13.1 Å². The predicted octanol–water partition coefficient (Wildman–Crippen LogP) is 4.62. The van der Waals surface area contributed by atoms with Crippen LogP contribution >= 0.6 is 15.9 Å². The lowest BCUT2D eigenvalue weighted by Crippen LogP contribution is -2.26. The van der Waals surface area contributed by atoms with E-state index in [2.05, 4.69) is 26.0 Å². The van der Waals surface area contributed by atoms with Crippen LogP contribution in [0.2, 0.25) is 0 Å². The zero-order valence-corrected chi connectivity index (χ0v) is 19.4. The molecule has 0 bridgehead atoms. The van der Waals surface area contributed by atoms with Crippen LogP contribution in [0.5, 0.6) is 5.75 Å². The van der Waals surface area contributed by atoms with Crippen LogP contribution in [0.3, 0.4) is 0 Å². The number of hydrogen-bond acceptors (Lipinski definition) is 4. The fourth-order valence-corrected chi connectivity index (χ4v) is 4.42. The van der Waals surface area contributed by atoms with Gasteiger partial charge in [0.1, 0.15) is 5.75 Å². The van der Waals surface area contributed by atoms with Crippen LogP contribution in [0.1, 0.15) is 22.8 Å². The zero-order valence-electron chi connectivity index (χ0n) is 17.0. The van der Waals surface area contributed by atoms with Crippen molar-refractivity contribution >= 4 is 37.5 Å². The number of anilines is 1. The molecule has 3 rings (SSSR count). The molecule has 3 aromatic carbocycles. The second-order valence-corrected chi connectivity index (χ2v) is 9.31. The fraction of sp³-hybridized carbons (Fsp3) is 0.174. The smallest absolute Gasteiger partial charge is 0.255 e. The Labute approximate surface area is 190 Å². The fourth-order valence-electron chi connectivity index (χ4n) is 2.89. The van der Waals surface area contributed by atoms with Crippen LogP contribution in [0, 0.1) is 0 Å². The number of nitrogens with one attached hydrogen (secondary N) is 2. The monoisotopic (exact) mass is 502 g/mol. The lowest BCUT2D eigenvalue weighted by Gasteiger charge is -2.10. The van der Waals surface area contributed by atoms with E-state index >= 15 is 0 Å². The van der Waals surface area contributed by atoms with Gasteiger partial charge in [0, 0.05) is 17.8 Å². The summed E-state index contributed by atoms with van der Waals surface area (Å²) in [6.45, 7) is 2.72. The summed E-state index contributed by atoms with van der Waals surface area (Å²) in [5.74, 6) is 0.355. The molecule has 0 aliphatic rings. The van der Waals surface area contributed by atoms with Crippen molar-refractivity contribution in [1.82, 2.24) is 4.72 Å². The third kappa shape index (κ3) is 6.40. The van der Waals surface area contributed by atoms with Crippen LogP contribution in [0.25, 0.3) is 0 Å². The van der Waals surface area contributed by atoms with Gasteiger partial charge in [0.2, 0.25) is 10.0 Å². The molecule has 0 radical (unpaired) electrons. The summed E-state index contributed by atoms with van der Waals surface area (Å²) in [5.41, 5.74) is 2.01. The average molecular weight is 503 g/mol. The van der Waals surface area contributed by atoms with E-state index in [0.29, 0.717) is 41.0 Å². The lowest BCUT2D eigenvalue weighted by molar-refractivity contribution is 0.102. The van der Waals surface area contributed by atoms with E-state index in [0.717, 1.165) is 5.56 Å². The number of halogens is 1. The van der Waals surface area contributed by atoms with Crippen LogP contribution in [0.4, 0.5) is 5.69 Å². The van der Waals surface area contributed by atoms with E-state index in [4.69, 9.17) is 4.74 Å². The first-order valence-electron chi connectivity index (χ1n) is 9.76. The van der Waals surface area contributed by atoms with Crippen molar-refractivity contribution in [2.45, 2.75) is 18.2 Å². The third-order valence-corrected chi connectivity index (χ3v) is 6.56. The summed E-state index contributed by atoms with van der Waals surface area (Å²) in [6, 6.07) is 20.8. The van der Waals surface area contributed by atoms with Gasteiger partial charge in [-0.2, -0.15) is 0 Å². The second-order valence-electron chi connectivity index (χ2n) is 6.69. The standard InChI is InChI=1S/C23H23BrN2O4S/c1-2-30-22-13-8-18(16-21(22)24)23(27)26-19-9-11-20(12-10-19)31(28,29)25-15-14-17-6-4-3-5-7-17/h3-13,16,25H,2,14-15H2,1H3,(H,26,27). The SMILES string of the molecule is CCOc1ccc(C(=O)Nc2ccc(S(=O)(=O)NCCc3ccccc3)cc2)cc1Br. The minimum Gasteiger partial charge on any atom is -0.493 e. The van der Waals surface area contributed by atoms with E-state index in [9.17, 15) is 13.2 Å².